The summed E-state index contributed by atoms with van der Waals surface area (Å²) in [5.41, 5.74) is 5.78. The number of nitrogen functional groups attached to an aromatic ring is 1. The van der Waals surface area contributed by atoms with Crippen LogP contribution in [-0.4, -0.2) is 39.2 Å². The highest BCUT2D eigenvalue weighted by Crippen LogP contribution is 2.34. The fraction of sp³-hybridized carbons (Fsp3) is 0.379. The van der Waals surface area contributed by atoms with Crippen LogP contribution < -0.4 is 16.6 Å². The van der Waals surface area contributed by atoms with Crippen LogP contribution in [0, 0.1) is 11.3 Å². The number of aromatic nitrogens is 2. The normalized spacial score (nSPS) is 14.8. The number of pyridine rings is 2. The van der Waals surface area contributed by atoms with Crippen LogP contribution in [0.4, 0.5) is 29.5 Å². The maximum atomic E-state index is 13.4. The third-order valence-electron chi connectivity index (χ3n) is 6.73. The van der Waals surface area contributed by atoms with Crippen LogP contribution in [0.1, 0.15) is 62.4 Å². The molecule has 3 heterocycles. The van der Waals surface area contributed by atoms with Gasteiger partial charge in [-0.25, -0.2) is 9.78 Å². The minimum atomic E-state index is -4.57. The Hall–Kier alpha value is -4.53. The van der Waals surface area contributed by atoms with Crippen molar-refractivity contribution in [1.82, 2.24) is 14.5 Å². The molecule has 0 aliphatic carbocycles. The minimum Gasteiger partial charge on any atom is -0.444 e. The molecule has 1 amide bonds. The SMILES string of the molecule is C[C@@H](Nc1ncc(C#N)c2c1cc(C1=CCN(C(=O)OC(C)(C)C)CC1)c(=O)n2C)c1cc(N)cc(C(F)(F)F)c1. The quantitative estimate of drug-likeness (QED) is 0.392. The molecule has 4 rings (SSSR count). The molecule has 1 aromatic carbocycles. The molecule has 3 aromatic rings. The molecule has 41 heavy (non-hydrogen) atoms. The third-order valence-corrected chi connectivity index (χ3v) is 6.73. The van der Waals surface area contributed by atoms with E-state index in [4.69, 9.17) is 10.5 Å². The smallest absolute Gasteiger partial charge is 0.416 e. The van der Waals surface area contributed by atoms with E-state index < -0.39 is 29.5 Å². The standard InChI is InChI=1S/C29H31F3N6O3/c1-16(18-10-20(29(30,31)32)12-21(34)11-18)36-25-23-13-22(26(39)37(5)24(23)19(14-33)15-35-25)17-6-8-38(9-7-17)27(40)41-28(2,3)4/h6,10-13,15-16H,7-9,34H2,1-5H3,(H,35,36)/t16-/m1/s1. The van der Waals surface area contributed by atoms with Gasteiger partial charge in [-0.2, -0.15) is 18.4 Å². The minimum absolute atomic E-state index is 0.0320. The zero-order valence-corrected chi connectivity index (χ0v) is 23.4. The lowest BCUT2D eigenvalue weighted by atomic mass is 9.98. The molecular formula is C29H31F3N6O3. The molecule has 9 nitrogen and oxygen atoms in total. The van der Waals surface area contributed by atoms with Gasteiger partial charge in [0.25, 0.3) is 5.56 Å². The Balaban J connectivity index is 1.74. The Bertz CT molecular complexity index is 1650. The van der Waals surface area contributed by atoms with Crippen molar-refractivity contribution in [3.05, 3.63) is 69.1 Å². The molecular weight excluding hydrogens is 537 g/mol. The Morgan fingerprint density at radius 3 is 2.51 bits per heavy atom. The third kappa shape index (κ3) is 6.29. The van der Waals surface area contributed by atoms with Crippen LogP contribution in [0.2, 0.25) is 0 Å². The second-order valence-electron chi connectivity index (χ2n) is 11.0. The molecule has 0 saturated carbocycles. The number of carbonyl (C=O) groups is 1. The van der Waals surface area contributed by atoms with E-state index in [-0.39, 0.29) is 29.2 Å². The van der Waals surface area contributed by atoms with Crippen LogP contribution in [-0.2, 0) is 18.0 Å². The summed E-state index contributed by atoms with van der Waals surface area (Å²) < 4.78 is 47.0. The molecule has 0 unspecified atom stereocenters. The van der Waals surface area contributed by atoms with Gasteiger partial charge in [0, 0.05) is 43.0 Å². The Kier molecular flexibility index (Phi) is 7.76. The maximum Gasteiger partial charge on any atom is 0.416 e. The zero-order valence-electron chi connectivity index (χ0n) is 23.4. The van der Waals surface area contributed by atoms with Crippen molar-refractivity contribution in [2.75, 3.05) is 24.1 Å². The number of aryl methyl sites for hydroxylation is 1. The van der Waals surface area contributed by atoms with Crippen LogP contribution in [0.25, 0.3) is 16.5 Å². The number of carbonyl (C=O) groups excluding carboxylic acids is 1. The molecule has 1 aliphatic rings. The lowest BCUT2D eigenvalue weighted by Gasteiger charge is -2.29. The molecule has 1 atom stereocenters. The largest absolute Gasteiger partial charge is 0.444 e. The first-order valence-electron chi connectivity index (χ1n) is 12.9. The molecule has 216 valence electrons. The van der Waals surface area contributed by atoms with Crippen LogP contribution >= 0.6 is 0 Å². The van der Waals surface area contributed by atoms with Gasteiger partial charge in [0.15, 0.2) is 0 Å². The van der Waals surface area contributed by atoms with E-state index in [1.165, 1.54) is 16.8 Å². The second-order valence-corrected chi connectivity index (χ2v) is 11.0. The van der Waals surface area contributed by atoms with Crippen molar-refractivity contribution in [3.8, 4) is 6.07 Å². The van der Waals surface area contributed by atoms with Gasteiger partial charge in [0.2, 0.25) is 0 Å². The number of benzene rings is 1. The topological polar surface area (TPSA) is 126 Å². The van der Waals surface area contributed by atoms with Gasteiger partial charge in [-0.05, 0) is 69.5 Å². The van der Waals surface area contributed by atoms with E-state index in [1.54, 1.807) is 51.8 Å². The van der Waals surface area contributed by atoms with E-state index in [2.05, 4.69) is 16.4 Å². The van der Waals surface area contributed by atoms with Crippen molar-refractivity contribution in [3.63, 3.8) is 0 Å². The molecule has 0 bridgehead atoms. The lowest BCUT2D eigenvalue weighted by molar-refractivity contribution is -0.137. The Morgan fingerprint density at radius 1 is 1.22 bits per heavy atom. The van der Waals surface area contributed by atoms with Crippen LogP contribution in [0.15, 0.2) is 41.3 Å². The number of rotatable bonds is 4. The highest BCUT2D eigenvalue weighted by Gasteiger charge is 2.32. The monoisotopic (exact) mass is 568 g/mol. The summed E-state index contributed by atoms with van der Waals surface area (Å²) >= 11 is 0. The van der Waals surface area contributed by atoms with Crippen molar-refractivity contribution < 1.29 is 22.7 Å². The van der Waals surface area contributed by atoms with E-state index in [1.807, 2.05) is 0 Å². The van der Waals surface area contributed by atoms with Gasteiger partial charge >= 0.3 is 12.3 Å². The van der Waals surface area contributed by atoms with Gasteiger partial charge in [-0.3, -0.25) is 4.79 Å². The van der Waals surface area contributed by atoms with Gasteiger partial charge in [0.05, 0.1) is 22.7 Å². The average molecular weight is 569 g/mol. The van der Waals surface area contributed by atoms with Crippen molar-refractivity contribution in [2.45, 2.75) is 51.9 Å². The lowest BCUT2D eigenvalue weighted by Crippen LogP contribution is -2.39. The number of halogens is 3. The molecule has 12 heteroatoms. The van der Waals surface area contributed by atoms with Crippen LogP contribution in [0.5, 0.6) is 0 Å². The molecule has 0 radical (unpaired) electrons. The summed E-state index contributed by atoms with van der Waals surface area (Å²) in [4.78, 5) is 31.8. The number of amides is 1. The highest BCUT2D eigenvalue weighted by molar-refractivity contribution is 5.95. The molecule has 2 aromatic heterocycles. The highest BCUT2D eigenvalue weighted by atomic mass is 19.4. The van der Waals surface area contributed by atoms with Crippen molar-refractivity contribution in [1.29, 1.82) is 5.26 Å². The molecule has 3 N–H and O–H groups in total. The first-order valence-corrected chi connectivity index (χ1v) is 12.9. The van der Waals surface area contributed by atoms with Crippen molar-refractivity contribution >= 4 is 34.1 Å². The summed E-state index contributed by atoms with van der Waals surface area (Å²) in [6.07, 6.45) is -1.51. The molecule has 0 spiro atoms. The number of nitrogens with two attached hydrogens (primary N) is 1. The van der Waals surface area contributed by atoms with E-state index in [9.17, 15) is 28.0 Å². The predicted molar refractivity (Wildman–Crippen MR) is 150 cm³/mol. The Labute approximate surface area is 235 Å². The first-order chi connectivity index (χ1) is 19.1. The van der Waals surface area contributed by atoms with Gasteiger partial charge in [-0.1, -0.05) is 6.08 Å². The number of nitriles is 1. The summed E-state index contributed by atoms with van der Waals surface area (Å²) in [6.45, 7) is 7.61. The summed E-state index contributed by atoms with van der Waals surface area (Å²) in [7, 11) is 1.55. The second kappa shape index (κ2) is 10.8. The molecule has 0 fully saturated rings. The number of alkyl halides is 3. The summed E-state index contributed by atoms with van der Waals surface area (Å²) in [5, 5.41) is 13.3. The number of hydrogen-bond donors (Lipinski definition) is 2. The number of anilines is 2. The number of ether oxygens (including phenoxy) is 1. The van der Waals surface area contributed by atoms with E-state index in [0.717, 1.165) is 17.7 Å². The van der Waals surface area contributed by atoms with Crippen LogP contribution in [0.3, 0.4) is 0 Å². The summed E-state index contributed by atoms with van der Waals surface area (Å²) in [6, 6.07) is 6.37. The number of fused-ring (bicyclic) bond motifs is 1. The predicted octanol–water partition coefficient (Wildman–Crippen LogP) is 5.60. The first kappa shape index (κ1) is 29.5. The number of nitrogens with one attached hydrogen (secondary N) is 1. The number of hydrogen-bond acceptors (Lipinski definition) is 7. The number of nitrogens with zero attached hydrogens (tertiary/aromatic N) is 4. The zero-order chi connectivity index (χ0) is 30.3. The van der Waals surface area contributed by atoms with Crippen molar-refractivity contribution in [2.24, 2.45) is 7.05 Å². The maximum absolute atomic E-state index is 13.4. The Morgan fingerprint density at radius 2 is 1.93 bits per heavy atom. The van der Waals surface area contributed by atoms with Gasteiger partial charge < -0.3 is 25.3 Å². The fourth-order valence-electron chi connectivity index (χ4n) is 4.71. The van der Waals surface area contributed by atoms with Gasteiger partial charge in [-0.15, -0.1) is 0 Å². The summed E-state index contributed by atoms with van der Waals surface area (Å²) in [5.74, 6) is 0.283. The molecule has 0 saturated heterocycles. The molecule has 1 aliphatic heterocycles. The van der Waals surface area contributed by atoms with E-state index >= 15 is 0 Å². The van der Waals surface area contributed by atoms with E-state index in [0.29, 0.717) is 35.0 Å². The van der Waals surface area contributed by atoms with Gasteiger partial charge in [0.1, 0.15) is 17.5 Å². The average Bonchev–Trinajstić information content (AvgIpc) is 2.89. The fourth-order valence-corrected chi connectivity index (χ4v) is 4.71.